The molecule has 0 heterocycles. The van der Waals surface area contributed by atoms with Gasteiger partial charge in [0.15, 0.2) is 0 Å². The Hall–Kier alpha value is 0.500. The maximum absolute atomic E-state index is 11.5. The van der Waals surface area contributed by atoms with Crippen molar-refractivity contribution < 1.29 is 13.6 Å². The minimum absolute atomic E-state index is 0.387. The van der Waals surface area contributed by atoms with Crippen LogP contribution in [0.2, 0.25) is 0 Å². The van der Waals surface area contributed by atoms with Gasteiger partial charge in [-0.15, -0.1) is 0 Å². The Morgan fingerprint density at radius 2 is 1.73 bits per heavy atom. The van der Waals surface area contributed by atoms with Crippen molar-refractivity contribution in [2.75, 3.05) is 25.1 Å². The highest BCUT2D eigenvalue weighted by molar-refractivity contribution is 7.80. The van der Waals surface area contributed by atoms with Gasteiger partial charge in [-0.3, -0.25) is 4.57 Å². The van der Waals surface area contributed by atoms with Gasteiger partial charge >= 0.3 is 7.60 Å². The quantitative estimate of drug-likeness (QED) is 0.525. The van der Waals surface area contributed by atoms with Crippen molar-refractivity contribution in [3.8, 4) is 0 Å². The molecule has 0 aromatic rings. The molecule has 0 amide bonds. The maximum Gasteiger partial charge on any atom is 0.331 e. The highest BCUT2D eigenvalue weighted by Crippen LogP contribution is 2.47. The summed E-state index contributed by atoms with van der Waals surface area (Å²) in [5.41, 5.74) is 0. The van der Waals surface area contributed by atoms with E-state index in [1.54, 1.807) is 13.8 Å². The summed E-state index contributed by atoms with van der Waals surface area (Å²) in [5, 5.41) is 0. The average Bonchev–Trinajstić information content (AvgIpc) is 1.88. The molecule has 0 rings (SSSR count). The van der Waals surface area contributed by atoms with Crippen LogP contribution in [0.4, 0.5) is 0 Å². The van der Waals surface area contributed by atoms with Crippen molar-refractivity contribution in [3.05, 3.63) is 0 Å². The summed E-state index contributed by atoms with van der Waals surface area (Å²) < 4.78 is 21.5. The molecule has 0 aromatic heterocycles. The van der Waals surface area contributed by atoms with Crippen molar-refractivity contribution >= 4 is 20.2 Å². The second kappa shape index (κ2) is 6.06. The molecular formula is C6H15O3PS. The van der Waals surface area contributed by atoms with Crippen LogP contribution in [0.5, 0.6) is 0 Å². The Morgan fingerprint density at radius 3 is 2.00 bits per heavy atom. The van der Waals surface area contributed by atoms with E-state index < -0.39 is 7.60 Å². The van der Waals surface area contributed by atoms with Crippen LogP contribution in [-0.2, 0) is 13.6 Å². The van der Waals surface area contributed by atoms with Crippen molar-refractivity contribution in [3.63, 3.8) is 0 Å². The van der Waals surface area contributed by atoms with Crippen LogP contribution in [0.3, 0.4) is 0 Å². The van der Waals surface area contributed by atoms with Gasteiger partial charge in [-0.2, -0.15) is 12.6 Å². The zero-order valence-corrected chi connectivity index (χ0v) is 8.74. The summed E-state index contributed by atoms with van der Waals surface area (Å²) in [6.07, 6.45) is 0.387. The molecule has 0 aliphatic rings. The minimum atomic E-state index is -2.80. The van der Waals surface area contributed by atoms with Gasteiger partial charge in [-0.05, 0) is 13.8 Å². The third-order valence-corrected chi connectivity index (χ3v) is 3.68. The predicted octanol–water partition coefficient (Wildman–Crippen LogP) is 2.18. The number of hydrogen-bond acceptors (Lipinski definition) is 4. The summed E-state index contributed by atoms with van der Waals surface area (Å²) in [7, 11) is -2.80. The Bertz CT molecular complexity index is 116. The van der Waals surface area contributed by atoms with Crippen LogP contribution >= 0.6 is 20.2 Å². The van der Waals surface area contributed by atoms with Crippen molar-refractivity contribution in [1.29, 1.82) is 0 Å². The largest absolute Gasteiger partial charge is 0.331 e. The molecule has 68 valence electrons. The summed E-state index contributed by atoms with van der Waals surface area (Å²) in [4.78, 5) is 0. The van der Waals surface area contributed by atoms with Crippen molar-refractivity contribution in [2.45, 2.75) is 13.8 Å². The molecule has 0 unspecified atom stereocenters. The maximum atomic E-state index is 11.5. The van der Waals surface area contributed by atoms with E-state index in [-0.39, 0.29) is 0 Å². The fourth-order valence-electron chi connectivity index (χ4n) is 0.682. The molecule has 0 saturated heterocycles. The van der Waals surface area contributed by atoms with E-state index in [0.717, 1.165) is 0 Å². The van der Waals surface area contributed by atoms with Crippen LogP contribution in [0, 0.1) is 0 Å². The SMILES string of the molecule is CCOP(=O)(CCS)OCC. The highest BCUT2D eigenvalue weighted by Gasteiger charge is 2.21. The van der Waals surface area contributed by atoms with Gasteiger partial charge in [-0.1, -0.05) is 0 Å². The smallest absolute Gasteiger partial charge is 0.309 e. The molecule has 0 radical (unpaired) electrons. The van der Waals surface area contributed by atoms with E-state index in [9.17, 15) is 4.57 Å². The molecule has 0 fully saturated rings. The van der Waals surface area contributed by atoms with E-state index in [1.165, 1.54) is 0 Å². The highest BCUT2D eigenvalue weighted by atomic mass is 32.1. The summed E-state index contributed by atoms with van der Waals surface area (Å²) in [6, 6.07) is 0. The molecule has 0 spiro atoms. The lowest BCUT2D eigenvalue weighted by molar-refractivity contribution is 0.221. The number of thiol groups is 1. The third kappa shape index (κ3) is 4.86. The molecule has 0 aromatic carbocycles. The van der Waals surface area contributed by atoms with Gasteiger partial charge in [0, 0.05) is 5.75 Å². The van der Waals surface area contributed by atoms with E-state index in [2.05, 4.69) is 12.6 Å². The fourth-order valence-corrected chi connectivity index (χ4v) is 2.78. The number of rotatable bonds is 6. The summed E-state index contributed by atoms with van der Waals surface area (Å²) in [6.45, 7) is 4.44. The normalized spacial score (nSPS) is 11.9. The second-order valence-electron chi connectivity index (χ2n) is 1.89. The predicted molar refractivity (Wildman–Crippen MR) is 49.6 cm³/mol. The molecular weight excluding hydrogens is 183 g/mol. The van der Waals surface area contributed by atoms with Crippen LogP contribution in [0.15, 0.2) is 0 Å². The van der Waals surface area contributed by atoms with Gasteiger partial charge in [-0.25, -0.2) is 0 Å². The average molecular weight is 198 g/mol. The molecule has 0 saturated carbocycles. The molecule has 0 aliphatic heterocycles. The van der Waals surface area contributed by atoms with Crippen LogP contribution < -0.4 is 0 Å². The van der Waals surface area contributed by atoms with Crippen molar-refractivity contribution in [1.82, 2.24) is 0 Å². The third-order valence-electron chi connectivity index (χ3n) is 1.03. The standard InChI is InChI=1S/C6H15O3PS/c1-3-8-10(7,5-6-11)9-4-2/h11H,3-6H2,1-2H3. The molecule has 11 heavy (non-hydrogen) atoms. The van der Waals surface area contributed by atoms with Crippen LogP contribution in [0.1, 0.15) is 13.8 Å². The van der Waals surface area contributed by atoms with E-state index in [1.807, 2.05) is 0 Å². The molecule has 3 nitrogen and oxygen atoms in total. The molecule has 0 aliphatic carbocycles. The first kappa shape index (κ1) is 11.5. The van der Waals surface area contributed by atoms with E-state index in [4.69, 9.17) is 9.05 Å². The summed E-state index contributed by atoms with van der Waals surface area (Å²) in [5.74, 6) is 0.525. The van der Waals surface area contributed by atoms with Gasteiger partial charge in [0.05, 0.1) is 19.4 Å². The topological polar surface area (TPSA) is 35.5 Å². The Labute approximate surface area is 73.4 Å². The zero-order chi connectivity index (χ0) is 8.74. The Kier molecular flexibility index (Phi) is 6.34. The number of hydrogen-bond donors (Lipinski definition) is 1. The lowest BCUT2D eigenvalue weighted by Crippen LogP contribution is -2.00. The van der Waals surface area contributed by atoms with Gasteiger partial charge in [0.25, 0.3) is 0 Å². The van der Waals surface area contributed by atoms with E-state index in [0.29, 0.717) is 25.1 Å². The fraction of sp³-hybridized carbons (Fsp3) is 1.00. The molecule has 5 heteroatoms. The van der Waals surface area contributed by atoms with Gasteiger partial charge in [0.2, 0.25) is 0 Å². The van der Waals surface area contributed by atoms with E-state index >= 15 is 0 Å². The minimum Gasteiger partial charge on any atom is -0.309 e. The first-order valence-electron chi connectivity index (χ1n) is 3.67. The lowest BCUT2D eigenvalue weighted by atomic mass is 10.9. The zero-order valence-electron chi connectivity index (χ0n) is 6.95. The summed E-state index contributed by atoms with van der Waals surface area (Å²) >= 11 is 3.97. The van der Waals surface area contributed by atoms with Gasteiger partial charge in [0.1, 0.15) is 0 Å². The molecule has 0 atom stereocenters. The first-order chi connectivity index (χ1) is 5.18. The second-order valence-corrected chi connectivity index (χ2v) is 4.53. The molecule has 0 bridgehead atoms. The van der Waals surface area contributed by atoms with Crippen LogP contribution in [0.25, 0.3) is 0 Å². The van der Waals surface area contributed by atoms with Crippen molar-refractivity contribution in [2.24, 2.45) is 0 Å². The lowest BCUT2D eigenvalue weighted by Gasteiger charge is -2.15. The molecule has 0 N–H and O–H groups in total. The monoisotopic (exact) mass is 198 g/mol. The Morgan fingerprint density at radius 1 is 1.27 bits per heavy atom. The van der Waals surface area contributed by atoms with Gasteiger partial charge < -0.3 is 9.05 Å². The Balaban J connectivity index is 3.91. The van der Waals surface area contributed by atoms with Crippen LogP contribution in [-0.4, -0.2) is 25.1 Å². The first-order valence-corrected chi connectivity index (χ1v) is 6.03.